The Morgan fingerprint density at radius 2 is 1.30 bits per heavy atom. The average Bonchev–Trinajstić information content (AvgIpc) is 2.64. The summed E-state index contributed by atoms with van der Waals surface area (Å²) in [6, 6.07) is 0. The minimum Gasteiger partial charge on any atom is -0.0851 e. The SMILES string of the molecule is CCCCC[C@H]1CC[C@H](C=C[C@H]2CC[C@H](C34CC(CCC)(C3)C4)CC2)CC1. The van der Waals surface area contributed by atoms with Crippen LogP contribution < -0.4 is 0 Å². The van der Waals surface area contributed by atoms with E-state index in [0.29, 0.717) is 0 Å². The fraction of sp³-hybridized carbons (Fsp3) is 0.926. The Bertz CT molecular complexity index is 464. The molecule has 0 aromatic rings. The summed E-state index contributed by atoms with van der Waals surface area (Å²) in [7, 11) is 0. The number of hydrogen-bond acceptors (Lipinski definition) is 0. The Labute approximate surface area is 170 Å². The predicted molar refractivity (Wildman–Crippen MR) is 118 cm³/mol. The highest BCUT2D eigenvalue weighted by Gasteiger charge is 2.68. The highest BCUT2D eigenvalue weighted by Crippen LogP contribution is 2.79. The molecule has 0 aliphatic heterocycles. The molecule has 0 spiro atoms. The molecule has 5 aliphatic rings. The number of allylic oxidation sites excluding steroid dienone is 2. The zero-order valence-corrected chi connectivity index (χ0v) is 18.5. The maximum atomic E-state index is 2.67. The van der Waals surface area contributed by atoms with E-state index in [2.05, 4.69) is 26.0 Å². The van der Waals surface area contributed by atoms with Gasteiger partial charge in [0.05, 0.1) is 0 Å². The normalized spacial score (nSPS) is 44.1. The summed E-state index contributed by atoms with van der Waals surface area (Å²) in [6.07, 6.45) is 30.9. The molecule has 5 fully saturated rings. The van der Waals surface area contributed by atoms with Crippen LogP contribution in [0.25, 0.3) is 0 Å². The van der Waals surface area contributed by atoms with Crippen LogP contribution in [0.5, 0.6) is 0 Å². The summed E-state index contributed by atoms with van der Waals surface area (Å²) >= 11 is 0. The molecule has 5 aliphatic carbocycles. The van der Waals surface area contributed by atoms with Gasteiger partial charge in [-0.25, -0.2) is 0 Å². The van der Waals surface area contributed by atoms with Gasteiger partial charge in [-0.05, 0) is 112 Å². The van der Waals surface area contributed by atoms with E-state index >= 15 is 0 Å². The van der Waals surface area contributed by atoms with Crippen molar-refractivity contribution in [2.75, 3.05) is 0 Å². The third-order valence-corrected chi connectivity index (χ3v) is 9.36. The van der Waals surface area contributed by atoms with Gasteiger partial charge in [-0.1, -0.05) is 58.1 Å². The molecule has 5 rings (SSSR count). The van der Waals surface area contributed by atoms with Gasteiger partial charge in [0.2, 0.25) is 0 Å². The summed E-state index contributed by atoms with van der Waals surface area (Å²) in [5, 5.41) is 0. The van der Waals surface area contributed by atoms with Crippen molar-refractivity contribution in [1.82, 2.24) is 0 Å². The molecular weight excluding hydrogens is 324 g/mol. The van der Waals surface area contributed by atoms with E-state index in [1.165, 1.54) is 77.0 Å². The first-order valence-corrected chi connectivity index (χ1v) is 12.9. The first-order valence-electron chi connectivity index (χ1n) is 12.9. The number of hydrogen-bond donors (Lipinski definition) is 0. The summed E-state index contributed by atoms with van der Waals surface area (Å²) in [5.74, 6) is 3.98. The molecule has 0 heteroatoms. The van der Waals surface area contributed by atoms with E-state index in [9.17, 15) is 0 Å². The van der Waals surface area contributed by atoms with Crippen LogP contribution in [0, 0.1) is 34.5 Å². The van der Waals surface area contributed by atoms with Crippen molar-refractivity contribution in [2.24, 2.45) is 34.5 Å². The van der Waals surface area contributed by atoms with Gasteiger partial charge in [0.25, 0.3) is 0 Å². The molecule has 0 aromatic carbocycles. The van der Waals surface area contributed by atoms with Crippen LogP contribution in [0.4, 0.5) is 0 Å². The van der Waals surface area contributed by atoms with E-state index < -0.39 is 0 Å². The van der Waals surface area contributed by atoms with E-state index in [4.69, 9.17) is 0 Å². The van der Waals surface area contributed by atoms with Crippen LogP contribution in [-0.2, 0) is 0 Å². The first-order chi connectivity index (χ1) is 13.2. The topological polar surface area (TPSA) is 0 Å². The number of unbranched alkanes of at least 4 members (excludes halogenated alkanes) is 2. The molecule has 0 heterocycles. The predicted octanol–water partition coefficient (Wildman–Crippen LogP) is 8.71. The molecule has 0 atom stereocenters. The summed E-state index contributed by atoms with van der Waals surface area (Å²) in [4.78, 5) is 0. The molecule has 0 saturated heterocycles. The number of rotatable bonds is 9. The third kappa shape index (κ3) is 4.35. The fourth-order valence-corrected chi connectivity index (χ4v) is 7.90. The lowest BCUT2D eigenvalue weighted by atomic mass is 9.30. The van der Waals surface area contributed by atoms with Gasteiger partial charge < -0.3 is 0 Å². The quantitative estimate of drug-likeness (QED) is 0.281. The Morgan fingerprint density at radius 1 is 0.704 bits per heavy atom. The Balaban J connectivity index is 1.13. The largest absolute Gasteiger partial charge is 0.0851 e. The van der Waals surface area contributed by atoms with E-state index in [1.54, 1.807) is 32.1 Å². The molecule has 0 radical (unpaired) electrons. The van der Waals surface area contributed by atoms with Crippen molar-refractivity contribution in [3.8, 4) is 0 Å². The van der Waals surface area contributed by atoms with Crippen molar-refractivity contribution in [2.45, 2.75) is 123 Å². The lowest BCUT2D eigenvalue weighted by molar-refractivity contribution is -0.245. The second-order valence-corrected chi connectivity index (χ2v) is 11.4. The van der Waals surface area contributed by atoms with Gasteiger partial charge >= 0.3 is 0 Å². The van der Waals surface area contributed by atoms with Crippen molar-refractivity contribution < 1.29 is 0 Å². The van der Waals surface area contributed by atoms with Crippen LogP contribution in [0.15, 0.2) is 12.2 Å². The zero-order chi connectivity index (χ0) is 18.7. The molecule has 2 bridgehead atoms. The van der Waals surface area contributed by atoms with E-state index in [-0.39, 0.29) is 0 Å². The second kappa shape index (κ2) is 8.62. The van der Waals surface area contributed by atoms with Crippen LogP contribution >= 0.6 is 0 Å². The molecule has 0 nitrogen and oxygen atoms in total. The maximum absolute atomic E-state index is 2.67. The van der Waals surface area contributed by atoms with Crippen molar-refractivity contribution >= 4 is 0 Å². The van der Waals surface area contributed by atoms with Gasteiger partial charge in [-0.3, -0.25) is 0 Å². The molecule has 5 saturated carbocycles. The summed E-state index contributed by atoms with van der Waals surface area (Å²) < 4.78 is 0. The van der Waals surface area contributed by atoms with Crippen molar-refractivity contribution in [1.29, 1.82) is 0 Å². The minimum absolute atomic E-state index is 0.847. The summed E-state index contributed by atoms with van der Waals surface area (Å²) in [6.45, 7) is 4.70. The van der Waals surface area contributed by atoms with Gasteiger partial charge in [0.15, 0.2) is 0 Å². The summed E-state index contributed by atoms with van der Waals surface area (Å²) in [5.41, 5.74) is 1.70. The minimum atomic E-state index is 0.847. The highest BCUT2D eigenvalue weighted by atomic mass is 14.7. The average molecular weight is 371 g/mol. The Kier molecular flexibility index (Phi) is 6.40. The molecule has 154 valence electrons. The Hall–Kier alpha value is -0.260. The highest BCUT2D eigenvalue weighted by molar-refractivity contribution is 5.19. The van der Waals surface area contributed by atoms with Crippen LogP contribution in [-0.4, -0.2) is 0 Å². The lowest BCUT2D eigenvalue weighted by Crippen LogP contribution is -2.64. The monoisotopic (exact) mass is 370 g/mol. The lowest BCUT2D eigenvalue weighted by Gasteiger charge is -2.75. The van der Waals surface area contributed by atoms with Crippen LogP contribution in [0.1, 0.15) is 123 Å². The molecule has 0 N–H and O–H groups in total. The Morgan fingerprint density at radius 3 is 1.85 bits per heavy atom. The zero-order valence-electron chi connectivity index (χ0n) is 18.5. The smallest absolute Gasteiger partial charge is 0.0233 e. The molecule has 0 unspecified atom stereocenters. The molecule has 0 aromatic heterocycles. The van der Waals surface area contributed by atoms with Crippen LogP contribution in [0.3, 0.4) is 0 Å². The third-order valence-electron chi connectivity index (χ3n) is 9.36. The maximum Gasteiger partial charge on any atom is -0.0233 e. The molecule has 27 heavy (non-hydrogen) atoms. The van der Waals surface area contributed by atoms with Crippen molar-refractivity contribution in [3.05, 3.63) is 12.2 Å². The first kappa shape index (κ1) is 20.0. The van der Waals surface area contributed by atoms with Gasteiger partial charge in [0.1, 0.15) is 0 Å². The second-order valence-electron chi connectivity index (χ2n) is 11.4. The van der Waals surface area contributed by atoms with E-state index in [0.717, 1.165) is 34.5 Å². The molecular formula is C27H46. The van der Waals surface area contributed by atoms with Crippen molar-refractivity contribution in [3.63, 3.8) is 0 Å². The standard InChI is InChI=1S/C27H46/c1-3-5-6-7-22-8-10-23(11-9-22)12-13-24-14-16-25(17-15-24)27-19-26(20-27,21-27)18-4-2/h12-13,22-25H,3-11,14-21H2,1-2H3/t22-,23-,24-,25-,26?,27?. The van der Waals surface area contributed by atoms with Gasteiger partial charge in [0, 0.05) is 0 Å². The fourth-order valence-electron chi connectivity index (χ4n) is 7.90. The van der Waals surface area contributed by atoms with E-state index in [1.807, 2.05) is 0 Å². The molecule has 0 amide bonds. The van der Waals surface area contributed by atoms with Crippen LogP contribution in [0.2, 0.25) is 0 Å². The van der Waals surface area contributed by atoms with Gasteiger partial charge in [-0.15, -0.1) is 0 Å². The van der Waals surface area contributed by atoms with Gasteiger partial charge in [-0.2, -0.15) is 0 Å².